The molecule has 0 saturated carbocycles. The predicted octanol–water partition coefficient (Wildman–Crippen LogP) is 6.98. The highest BCUT2D eigenvalue weighted by molar-refractivity contribution is 8.00. The first-order valence-electron chi connectivity index (χ1n) is 12.0. The molecule has 0 aliphatic rings. The summed E-state index contributed by atoms with van der Waals surface area (Å²) < 4.78 is 5.37. The molecule has 198 valence electrons. The monoisotopic (exact) mass is 557 g/mol. The Morgan fingerprint density at radius 2 is 1.59 bits per heavy atom. The zero-order valence-corrected chi connectivity index (χ0v) is 22.9. The molecule has 4 aromatic carbocycles. The van der Waals surface area contributed by atoms with Crippen LogP contribution in [0.4, 0.5) is 17.1 Å². The second-order valence-electron chi connectivity index (χ2n) is 8.54. The highest BCUT2D eigenvalue weighted by Gasteiger charge is 2.23. The molecule has 0 aliphatic heterocycles. The van der Waals surface area contributed by atoms with Crippen LogP contribution in [0.5, 0.6) is 5.75 Å². The number of hydrogen-bond acceptors (Lipinski definition) is 5. The van der Waals surface area contributed by atoms with Gasteiger partial charge in [-0.1, -0.05) is 54.6 Å². The highest BCUT2D eigenvalue weighted by Crippen LogP contribution is 2.37. The van der Waals surface area contributed by atoms with Gasteiger partial charge in [-0.25, -0.2) is 4.79 Å². The summed E-state index contributed by atoms with van der Waals surface area (Å²) in [5, 5.41) is 18.4. The molecular weight excluding hydrogens is 530 g/mol. The van der Waals surface area contributed by atoms with Crippen LogP contribution in [0.2, 0.25) is 0 Å². The van der Waals surface area contributed by atoms with Gasteiger partial charge < -0.3 is 25.8 Å². The average molecular weight is 558 g/mol. The summed E-state index contributed by atoms with van der Waals surface area (Å²) in [5.74, 6) is -0.641. The van der Waals surface area contributed by atoms with Crippen molar-refractivity contribution in [2.45, 2.75) is 17.1 Å². The maximum absolute atomic E-state index is 13.5. The van der Waals surface area contributed by atoms with E-state index < -0.39 is 11.2 Å². The number of thioether (sulfide) groups is 1. The van der Waals surface area contributed by atoms with Crippen molar-refractivity contribution in [3.63, 3.8) is 0 Å². The number of carbonyl (C=O) groups is 2. The Morgan fingerprint density at radius 3 is 2.33 bits per heavy atom. The van der Waals surface area contributed by atoms with Gasteiger partial charge in [0.1, 0.15) is 11.0 Å². The summed E-state index contributed by atoms with van der Waals surface area (Å²) >= 11 is 6.88. The van der Waals surface area contributed by atoms with Gasteiger partial charge in [0.05, 0.1) is 18.4 Å². The van der Waals surface area contributed by atoms with Crippen molar-refractivity contribution in [3.05, 3.63) is 114 Å². The van der Waals surface area contributed by atoms with Gasteiger partial charge >= 0.3 is 5.97 Å². The first-order valence-corrected chi connectivity index (χ1v) is 13.3. The lowest BCUT2D eigenvalue weighted by atomic mass is 10.1. The molecule has 0 radical (unpaired) electrons. The number of methoxy groups -OCH3 is 1. The van der Waals surface area contributed by atoms with E-state index in [9.17, 15) is 14.7 Å². The van der Waals surface area contributed by atoms with Gasteiger partial charge in [-0.15, -0.1) is 11.8 Å². The topological polar surface area (TPSA) is 99.7 Å². The quantitative estimate of drug-likeness (QED) is 0.129. The van der Waals surface area contributed by atoms with Crippen LogP contribution < -0.4 is 20.7 Å². The van der Waals surface area contributed by atoms with E-state index in [-0.39, 0.29) is 11.5 Å². The number of thiocarbonyl (C=S) groups is 1. The van der Waals surface area contributed by atoms with E-state index in [0.29, 0.717) is 16.5 Å². The minimum atomic E-state index is -1.05. The van der Waals surface area contributed by atoms with Gasteiger partial charge in [-0.3, -0.25) is 4.79 Å². The Hall–Kier alpha value is -4.34. The molecular formula is C30H27N3O4S2. The van der Waals surface area contributed by atoms with Gasteiger partial charge in [-0.05, 0) is 72.7 Å². The van der Waals surface area contributed by atoms with Crippen molar-refractivity contribution in [2.75, 3.05) is 23.1 Å². The number of aromatic carboxylic acids is 1. The third kappa shape index (κ3) is 7.37. The number of hydrogen-bond donors (Lipinski definition) is 4. The van der Waals surface area contributed by atoms with Gasteiger partial charge in [-0.2, -0.15) is 0 Å². The maximum atomic E-state index is 13.5. The molecule has 1 unspecified atom stereocenters. The second kappa shape index (κ2) is 12.9. The Bertz CT molecular complexity index is 1490. The lowest BCUT2D eigenvalue weighted by molar-refractivity contribution is -0.115. The van der Waals surface area contributed by atoms with E-state index in [1.807, 2.05) is 85.8 Å². The number of para-hydroxylation sites is 2. The fourth-order valence-electron chi connectivity index (χ4n) is 3.80. The lowest BCUT2D eigenvalue weighted by Gasteiger charge is -2.19. The van der Waals surface area contributed by atoms with Gasteiger partial charge in [0.2, 0.25) is 5.91 Å². The molecule has 4 N–H and O–H groups in total. The minimum Gasteiger partial charge on any atom is -0.495 e. The second-order valence-corrected chi connectivity index (χ2v) is 10.1. The SMILES string of the molecule is COc1ccccc1NC(=S)Nc1cccc(SC(C(=O)Nc2cc(C(=O)O)ccc2C)c2ccccc2)c1. The summed E-state index contributed by atoms with van der Waals surface area (Å²) in [5.41, 5.74) is 3.66. The van der Waals surface area contributed by atoms with Crippen LogP contribution in [-0.2, 0) is 4.79 Å². The third-order valence-corrected chi connectivity index (χ3v) is 7.24. The van der Waals surface area contributed by atoms with E-state index in [1.54, 1.807) is 13.2 Å². The van der Waals surface area contributed by atoms with E-state index in [4.69, 9.17) is 17.0 Å². The smallest absolute Gasteiger partial charge is 0.335 e. The van der Waals surface area contributed by atoms with E-state index in [2.05, 4.69) is 16.0 Å². The van der Waals surface area contributed by atoms with Gasteiger partial charge in [0.15, 0.2) is 5.11 Å². The van der Waals surface area contributed by atoms with Crippen molar-refractivity contribution in [1.29, 1.82) is 0 Å². The van der Waals surface area contributed by atoms with Crippen molar-refractivity contribution in [2.24, 2.45) is 0 Å². The summed E-state index contributed by atoms with van der Waals surface area (Å²) in [7, 11) is 1.60. The molecule has 1 atom stereocenters. The molecule has 39 heavy (non-hydrogen) atoms. The lowest BCUT2D eigenvalue weighted by Crippen LogP contribution is -2.20. The zero-order chi connectivity index (χ0) is 27.8. The summed E-state index contributed by atoms with van der Waals surface area (Å²) in [6, 6.07) is 29.2. The molecule has 0 fully saturated rings. The molecule has 4 aromatic rings. The fraction of sp³-hybridized carbons (Fsp3) is 0.100. The maximum Gasteiger partial charge on any atom is 0.335 e. The number of amides is 1. The highest BCUT2D eigenvalue weighted by atomic mass is 32.2. The average Bonchev–Trinajstić information content (AvgIpc) is 2.93. The van der Waals surface area contributed by atoms with Crippen molar-refractivity contribution in [3.8, 4) is 5.75 Å². The number of benzene rings is 4. The van der Waals surface area contributed by atoms with Crippen LogP contribution in [0.15, 0.2) is 102 Å². The molecule has 9 heteroatoms. The Morgan fingerprint density at radius 1 is 0.846 bits per heavy atom. The molecule has 1 amide bonds. The molecule has 7 nitrogen and oxygen atoms in total. The summed E-state index contributed by atoms with van der Waals surface area (Å²) in [4.78, 5) is 25.8. The number of rotatable bonds is 9. The van der Waals surface area contributed by atoms with Crippen LogP contribution in [0, 0.1) is 6.92 Å². The first-order chi connectivity index (χ1) is 18.8. The zero-order valence-electron chi connectivity index (χ0n) is 21.3. The standard InChI is InChI=1S/C30H27N3O4S2/c1-19-15-16-21(29(35)36)17-25(19)32-28(34)27(20-9-4-3-5-10-20)39-23-12-8-11-22(18-23)31-30(38)33-24-13-6-7-14-26(24)37-2/h3-18,27H,1-2H3,(H,32,34)(H,35,36)(H2,31,33,38). The summed E-state index contributed by atoms with van der Waals surface area (Å²) in [6.45, 7) is 1.82. The van der Waals surface area contributed by atoms with Gasteiger partial charge in [0.25, 0.3) is 0 Å². The van der Waals surface area contributed by atoms with Crippen molar-refractivity contribution in [1.82, 2.24) is 0 Å². The number of carboxylic acids is 1. The predicted molar refractivity (Wildman–Crippen MR) is 161 cm³/mol. The molecule has 0 bridgehead atoms. The normalized spacial score (nSPS) is 11.2. The summed E-state index contributed by atoms with van der Waals surface area (Å²) in [6.07, 6.45) is 0. The van der Waals surface area contributed by atoms with E-state index in [1.165, 1.54) is 23.9 Å². The number of aryl methyl sites for hydroxylation is 1. The molecule has 0 heterocycles. The van der Waals surface area contributed by atoms with Crippen LogP contribution in [0.1, 0.15) is 26.7 Å². The van der Waals surface area contributed by atoms with Crippen molar-refractivity contribution >= 4 is 58.0 Å². The molecule has 0 aliphatic carbocycles. The number of carbonyl (C=O) groups excluding carboxylic acids is 1. The Balaban J connectivity index is 1.53. The minimum absolute atomic E-state index is 0.108. The van der Waals surface area contributed by atoms with E-state index in [0.717, 1.165) is 27.4 Å². The fourth-order valence-corrected chi connectivity index (χ4v) is 5.12. The molecule has 0 aromatic heterocycles. The largest absolute Gasteiger partial charge is 0.495 e. The Kier molecular flexibility index (Phi) is 9.19. The van der Waals surface area contributed by atoms with Crippen LogP contribution >= 0.6 is 24.0 Å². The number of anilines is 3. The molecule has 0 saturated heterocycles. The molecule has 0 spiro atoms. The number of carboxylic acid groups (broad SMARTS) is 1. The molecule has 4 rings (SSSR count). The van der Waals surface area contributed by atoms with Crippen LogP contribution in [0.25, 0.3) is 0 Å². The van der Waals surface area contributed by atoms with Crippen LogP contribution in [-0.4, -0.2) is 29.2 Å². The number of nitrogens with one attached hydrogen (secondary N) is 3. The third-order valence-electron chi connectivity index (χ3n) is 5.78. The van der Waals surface area contributed by atoms with Crippen LogP contribution in [0.3, 0.4) is 0 Å². The van der Waals surface area contributed by atoms with E-state index >= 15 is 0 Å². The van der Waals surface area contributed by atoms with Crippen molar-refractivity contribution < 1.29 is 19.4 Å². The Labute approximate surface area is 236 Å². The number of ether oxygens (including phenoxy) is 1. The van der Waals surface area contributed by atoms with Gasteiger partial charge in [0, 0.05) is 16.3 Å². The first kappa shape index (κ1) is 27.7.